The van der Waals surface area contributed by atoms with Gasteiger partial charge in [-0.05, 0) is 32.8 Å². The molecule has 144 valence electrons. The van der Waals surface area contributed by atoms with E-state index in [-0.39, 0.29) is 5.92 Å². The molecule has 0 atom stereocenters. The molecule has 7 nitrogen and oxygen atoms in total. The number of hydrogen-bond donors (Lipinski definition) is 0. The molecule has 2 aliphatic heterocycles. The first-order valence-corrected chi connectivity index (χ1v) is 10.8. The molecule has 2 aromatic heterocycles. The summed E-state index contributed by atoms with van der Waals surface area (Å²) in [5, 5.41) is 4.51. The molecule has 1 amide bonds. The van der Waals surface area contributed by atoms with E-state index in [1.807, 2.05) is 42.4 Å². The van der Waals surface area contributed by atoms with Gasteiger partial charge in [-0.2, -0.15) is 21.8 Å². The van der Waals surface area contributed by atoms with Gasteiger partial charge in [0.05, 0.1) is 5.69 Å². The Balaban J connectivity index is 1.42. The molecule has 2 saturated heterocycles. The minimum atomic E-state index is 0.142. The standard InChI is InChI=1S/C19H26N6OS/c1-14-13-15(2)25(22-14)17-3-6-20-19(21-17)24-7-4-16(5-8-24)18(26)23-9-11-27-12-10-23/h3,6,13,16H,4-5,7-12H2,1-2H3. The molecule has 4 heterocycles. The Labute approximate surface area is 164 Å². The Morgan fingerprint density at radius 1 is 1.15 bits per heavy atom. The van der Waals surface area contributed by atoms with E-state index in [0.29, 0.717) is 5.91 Å². The lowest BCUT2D eigenvalue weighted by Crippen LogP contribution is -2.45. The van der Waals surface area contributed by atoms with E-state index in [1.165, 1.54) is 0 Å². The Morgan fingerprint density at radius 2 is 1.89 bits per heavy atom. The molecule has 0 bridgehead atoms. The van der Waals surface area contributed by atoms with E-state index in [0.717, 1.165) is 73.7 Å². The van der Waals surface area contributed by atoms with E-state index in [2.05, 4.69) is 19.9 Å². The van der Waals surface area contributed by atoms with Gasteiger partial charge in [-0.15, -0.1) is 0 Å². The number of aryl methyl sites for hydroxylation is 2. The summed E-state index contributed by atoms with van der Waals surface area (Å²) in [5.74, 6) is 4.13. The average Bonchev–Trinajstić information content (AvgIpc) is 3.06. The van der Waals surface area contributed by atoms with Crippen LogP contribution in [-0.4, -0.2) is 68.2 Å². The first-order chi connectivity index (χ1) is 13.1. The normalized spacial score (nSPS) is 18.7. The first-order valence-electron chi connectivity index (χ1n) is 9.60. The van der Waals surface area contributed by atoms with Crippen LogP contribution in [-0.2, 0) is 4.79 Å². The van der Waals surface area contributed by atoms with Crippen LogP contribution >= 0.6 is 11.8 Å². The summed E-state index contributed by atoms with van der Waals surface area (Å²) in [6.45, 7) is 7.44. The third kappa shape index (κ3) is 3.95. The monoisotopic (exact) mass is 386 g/mol. The van der Waals surface area contributed by atoms with E-state index >= 15 is 0 Å². The fraction of sp³-hybridized carbons (Fsp3) is 0.579. The van der Waals surface area contributed by atoms with E-state index in [4.69, 9.17) is 4.98 Å². The van der Waals surface area contributed by atoms with Crippen LogP contribution in [0.3, 0.4) is 0 Å². The third-order valence-electron chi connectivity index (χ3n) is 5.30. The smallest absolute Gasteiger partial charge is 0.227 e. The second-order valence-corrected chi connectivity index (χ2v) is 8.48. The highest BCUT2D eigenvalue weighted by Gasteiger charge is 2.30. The number of rotatable bonds is 3. The molecular formula is C19H26N6OS. The summed E-state index contributed by atoms with van der Waals surface area (Å²) in [4.78, 5) is 26.1. The lowest BCUT2D eigenvalue weighted by atomic mass is 9.95. The maximum Gasteiger partial charge on any atom is 0.227 e. The van der Waals surface area contributed by atoms with Gasteiger partial charge >= 0.3 is 0 Å². The van der Waals surface area contributed by atoms with Crippen LogP contribution in [0.25, 0.3) is 5.82 Å². The predicted molar refractivity (Wildman–Crippen MR) is 107 cm³/mol. The maximum atomic E-state index is 12.7. The van der Waals surface area contributed by atoms with Crippen molar-refractivity contribution in [2.45, 2.75) is 26.7 Å². The molecule has 0 saturated carbocycles. The van der Waals surface area contributed by atoms with Crippen molar-refractivity contribution in [1.29, 1.82) is 0 Å². The Hall–Kier alpha value is -2.09. The molecule has 0 aliphatic carbocycles. The molecule has 0 unspecified atom stereocenters. The molecule has 27 heavy (non-hydrogen) atoms. The second-order valence-electron chi connectivity index (χ2n) is 7.25. The minimum Gasteiger partial charge on any atom is -0.341 e. The number of carbonyl (C=O) groups excluding carboxylic acids is 1. The van der Waals surface area contributed by atoms with Crippen molar-refractivity contribution in [1.82, 2.24) is 24.6 Å². The maximum absolute atomic E-state index is 12.7. The zero-order valence-electron chi connectivity index (χ0n) is 16.0. The van der Waals surface area contributed by atoms with Gasteiger partial charge in [0.2, 0.25) is 11.9 Å². The number of hydrogen-bond acceptors (Lipinski definition) is 6. The lowest BCUT2D eigenvalue weighted by Gasteiger charge is -2.35. The summed E-state index contributed by atoms with van der Waals surface area (Å²) >= 11 is 1.94. The molecule has 0 aromatic carbocycles. The molecule has 4 rings (SSSR count). The van der Waals surface area contributed by atoms with Crippen molar-refractivity contribution in [3.8, 4) is 5.82 Å². The van der Waals surface area contributed by atoms with Gasteiger partial charge in [-0.3, -0.25) is 4.79 Å². The SMILES string of the molecule is Cc1cc(C)n(-c2ccnc(N3CCC(C(=O)N4CCSCC4)CC3)n2)n1. The summed E-state index contributed by atoms with van der Waals surface area (Å²) in [6, 6.07) is 3.92. The largest absolute Gasteiger partial charge is 0.341 e. The van der Waals surface area contributed by atoms with Gasteiger partial charge in [0.25, 0.3) is 0 Å². The Kier molecular flexibility index (Phi) is 5.33. The number of amides is 1. The Bertz CT molecular complexity index is 808. The van der Waals surface area contributed by atoms with Gasteiger partial charge in [0.1, 0.15) is 0 Å². The molecule has 2 fully saturated rings. The summed E-state index contributed by atoms with van der Waals surface area (Å²) in [7, 11) is 0. The van der Waals surface area contributed by atoms with Crippen molar-refractivity contribution >= 4 is 23.6 Å². The fourth-order valence-corrected chi connectivity index (χ4v) is 4.74. The number of anilines is 1. The fourth-order valence-electron chi connectivity index (χ4n) is 3.84. The van der Waals surface area contributed by atoms with Gasteiger partial charge in [0.15, 0.2) is 5.82 Å². The summed E-state index contributed by atoms with van der Waals surface area (Å²) < 4.78 is 1.85. The number of aromatic nitrogens is 4. The van der Waals surface area contributed by atoms with E-state index < -0.39 is 0 Å². The van der Waals surface area contributed by atoms with Crippen LogP contribution in [0.4, 0.5) is 5.95 Å². The quantitative estimate of drug-likeness (QED) is 0.805. The lowest BCUT2D eigenvalue weighted by molar-refractivity contribution is -0.135. The topological polar surface area (TPSA) is 67.2 Å². The van der Waals surface area contributed by atoms with Crippen LogP contribution in [0.1, 0.15) is 24.2 Å². The van der Waals surface area contributed by atoms with Crippen molar-refractivity contribution in [3.05, 3.63) is 29.7 Å². The Morgan fingerprint density at radius 3 is 2.56 bits per heavy atom. The van der Waals surface area contributed by atoms with E-state index in [1.54, 1.807) is 6.20 Å². The van der Waals surface area contributed by atoms with Crippen molar-refractivity contribution in [3.63, 3.8) is 0 Å². The highest BCUT2D eigenvalue weighted by molar-refractivity contribution is 7.99. The van der Waals surface area contributed by atoms with Crippen molar-refractivity contribution in [2.75, 3.05) is 42.6 Å². The molecular weight excluding hydrogens is 360 g/mol. The number of thioether (sulfide) groups is 1. The highest BCUT2D eigenvalue weighted by Crippen LogP contribution is 2.24. The highest BCUT2D eigenvalue weighted by atomic mass is 32.2. The molecule has 2 aromatic rings. The second kappa shape index (κ2) is 7.88. The van der Waals surface area contributed by atoms with Crippen molar-refractivity contribution < 1.29 is 4.79 Å². The predicted octanol–water partition coefficient (Wildman–Crippen LogP) is 2.07. The van der Waals surface area contributed by atoms with Gasteiger partial charge in [-0.25, -0.2) is 9.67 Å². The third-order valence-corrected chi connectivity index (χ3v) is 6.25. The number of carbonyl (C=O) groups is 1. The zero-order chi connectivity index (χ0) is 18.8. The first kappa shape index (κ1) is 18.3. The summed E-state index contributed by atoms with van der Waals surface area (Å²) in [5.41, 5.74) is 2.03. The number of piperidine rings is 1. The molecule has 2 aliphatic rings. The molecule has 8 heteroatoms. The van der Waals surface area contributed by atoms with Crippen molar-refractivity contribution in [2.24, 2.45) is 5.92 Å². The van der Waals surface area contributed by atoms with Crippen LogP contribution < -0.4 is 4.90 Å². The zero-order valence-corrected chi connectivity index (χ0v) is 16.8. The minimum absolute atomic E-state index is 0.142. The van der Waals surface area contributed by atoms with Crippen LogP contribution in [0, 0.1) is 19.8 Å². The number of nitrogens with zero attached hydrogens (tertiary/aromatic N) is 6. The van der Waals surface area contributed by atoms with Gasteiger partial charge < -0.3 is 9.80 Å². The molecule has 0 N–H and O–H groups in total. The van der Waals surface area contributed by atoms with Crippen LogP contribution in [0.2, 0.25) is 0 Å². The molecule has 0 radical (unpaired) electrons. The average molecular weight is 387 g/mol. The molecule has 0 spiro atoms. The summed E-state index contributed by atoms with van der Waals surface area (Å²) in [6.07, 6.45) is 3.53. The van der Waals surface area contributed by atoms with Gasteiger partial charge in [0, 0.05) is 61.6 Å². The van der Waals surface area contributed by atoms with Crippen LogP contribution in [0.5, 0.6) is 0 Å². The van der Waals surface area contributed by atoms with Gasteiger partial charge in [-0.1, -0.05) is 0 Å². The van der Waals surface area contributed by atoms with E-state index in [9.17, 15) is 4.79 Å². The van der Waals surface area contributed by atoms with Crippen LogP contribution in [0.15, 0.2) is 18.3 Å².